The maximum absolute atomic E-state index is 13.1. The van der Waals surface area contributed by atoms with Crippen LogP contribution in [0.4, 0.5) is 0 Å². The number of carbonyl (C=O) groups excluding carboxylic acids is 2. The highest BCUT2D eigenvalue weighted by Gasteiger charge is 2.43. The van der Waals surface area contributed by atoms with Crippen molar-refractivity contribution in [2.45, 2.75) is 31.6 Å². The van der Waals surface area contributed by atoms with Gasteiger partial charge in [-0.2, -0.15) is 0 Å². The number of allylic oxidation sites excluding steroid dienone is 2. The molecule has 2 heterocycles. The van der Waals surface area contributed by atoms with Crippen molar-refractivity contribution >= 4 is 11.8 Å². The Kier molecular flexibility index (Phi) is 5.56. The Bertz CT molecular complexity index is 951. The van der Waals surface area contributed by atoms with E-state index in [0.717, 1.165) is 29.7 Å². The average Bonchev–Trinajstić information content (AvgIpc) is 2.74. The molecule has 2 aromatic rings. The number of aromatic nitrogens is 1. The Hall–Kier alpha value is -3.21. The summed E-state index contributed by atoms with van der Waals surface area (Å²) in [4.78, 5) is 30.0. The Morgan fingerprint density at radius 3 is 2.66 bits per heavy atom. The van der Waals surface area contributed by atoms with Crippen LogP contribution in [-0.4, -0.2) is 23.3 Å². The molecule has 0 fully saturated rings. The fourth-order valence-electron chi connectivity index (χ4n) is 4.21. The van der Waals surface area contributed by atoms with Crippen molar-refractivity contribution in [2.75, 3.05) is 6.61 Å². The van der Waals surface area contributed by atoms with Crippen molar-refractivity contribution in [1.29, 1.82) is 0 Å². The van der Waals surface area contributed by atoms with Gasteiger partial charge >= 0.3 is 5.97 Å². The van der Waals surface area contributed by atoms with E-state index in [9.17, 15) is 9.59 Å². The molecule has 0 saturated heterocycles. The molecule has 0 spiro atoms. The molecule has 2 aliphatic rings. The van der Waals surface area contributed by atoms with Crippen LogP contribution in [0.3, 0.4) is 0 Å². The fraction of sp³-hybridized carbons (Fsp3) is 0.292. The minimum Gasteiger partial charge on any atom is -0.465 e. The summed E-state index contributed by atoms with van der Waals surface area (Å²) in [5.74, 6) is -1.30. The number of esters is 1. The van der Waals surface area contributed by atoms with Crippen molar-refractivity contribution in [3.05, 3.63) is 89.5 Å². The van der Waals surface area contributed by atoms with Crippen LogP contribution < -0.4 is 5.32 Å². The second-order valence-corrected chi connectivity index (χ2v) is 7.46. The molecule has 29 heavy (non-hydrogen) atoms. The van der Waals surface area contributed by atoms with E-state index in [-0.39, 0.29) is 18.4 Å². The Balaban J connectivity index is 1.60. The summed E-state index contributed by atoms with van der Waals surface area (Å²) in [6.07, 6.45) is 6.12. The van der Waals surface area contributed by atoms with E-state index in [1.54, 1.807) is 12.4 Å². The van der Waals surface area contributed by atoms with Gasteiger partial charge in [0.15, 0.2) is 5.78 Å². The van der Waals surface area contributed by atoms with Crippen LogP contribution >= 0.6 is 0 Å². The molecule has 0 saturated carbocycles. The summed E-state index contributed by atoms with van der Waals surface area (Å²) in [6.45, 7) is 4.39. The number of nitrogens with one attached hydrogen (secondary N) is 1. The summed E-state index contributed by atoms with van der Waals surface area (Å²) < 4.78 is 5.63. The summed E-state index contributed by atoms with van der Waals surface area (Å²) in [5, 5.41) is 3.24. The number of rotatable bonds is 5. The van der Waals surface area contributed by atoms with Gasteiger partial charge in [0.25, 0.3) is 0 Å². The molecule has 0 radical (unpaired) electrons. The molecule has 1 aromatic carbocycles. The first-order valence-corrected chi connectivity index (χ1v) is 9.97. The lowest BCUT2D eigenvalue weighted by Gasteiger charge is -2.38. The van der Waals surface area contributed by atoms with Crippen molar-refractivity contribution in [1.82, 2.24) is 10.3 Å². The highest BCUT2D eigenvalue weighted by molar-refractivity contribution is 6.00. The van der Waals surface area contributed by atoms with Gasteiger partial charge in [-0.1, -0.05) is 36.9 Å². The monoisotopic (exact) mass is 388 g/mol. The van der Waals surface area contributed by atoms with Crippen molar-refractivity contribution in [3.63, 3.8) is 0 Å². The molecule has 0 amide bonds. The number of ketones is 1. The molecule has 2 unspecified atom stereocenters. The lowest BCUT2D eigenvalue weighted by atomic mass is 9.72. The first-order chi connectivity index (χ1) is 14.1. The molecule has 2 atom stereocenters. The second-order valence-electron chi connectivity index (χ2n) is 7.46. The Morgan fingerprint density at radius 1 is 1.14 bits per heavy atom. The molecule has 4 rings (SSSR count). The number of ether oxygens (including phenoxy) is 1. The van der Waals surface area contributed by atoms with Gasteiger partial charge in [0.05, 0.1) is 6.61 Å². The number of Topliss-reactive ketones (excluding diaryl/α,β-unsaturated/α-hetero) is 1. The first-order valence-electron chi connectivity index (χ1n) is 9.97. The van der Waals surface area contributed by atoms with Crippen LogP contribution in [0.2, 0.25) is 0 Å². The SMILES string of the molecule is C=C1NC2=C(C(=O)CCC2)C(c2ccncc2)C1C(=O)OCCc1ccccc1. The van der Waals surface area contributed by atoms with Crippen LogP contribution in [0, 0.1) is 5.92 Å². The number of hydrogen-bond acceptors (Lipinski definition) is 5. The van der Waals surface area contributed by atoms with Gasteiger partial charge in [0.1, 0.15) is 5.92 Å². The zero-order chi connectivity index (χ0) is 20.2. The minimum atomic E-state index is -0.644. The maximum atomic E-state index is 13.1. The summed E-state index contributed by atoms with van der Waals surface area (Å²) in [5.41, 5.74) is 4.17. The minimum absolute atomic E-state index is 0.0927. The van der Waals surface area contributed by atoms with Gasteiger partial charge in [-0.15, -0.1) is 0 Å². The number of carbonyl (C=O) groups is 2. The van der Waals surface area contributed by atoms with Crippen molar-refractivity contribution in [3.8, 4) is 0 Å². The van der Waals surface area contributed by atoms with E-state index < -0.39 is 11.8 Å². The first kappa shape index (κ1) is 19.1. The highest BCUT2D eigenvalue weighted by Crippen LogP contribution is 2.44. The van der Waals surface area contributed by atoms with Crippen LogP contribution in [0.15, 0.2) is 78.4 Å². The fourth-order valence-corrected chi connectivity index (χ4v) is 4.21. The predicted octanol–water partition coefficient (Wildman–Crippen LogP) is 3.69. The van der Waals surface area contributed by atoms with E-state index in [2.05, 4.69) is 16.9 Å². The normalized spacial score (nSPS) is 21.4. The van der Waals surface area contributed by atoms with Crippen LogP contribution in [0.1, 0.15) is 36.3 Å². The highest BCUT2D eigenvalue weighted by atomic mass is 16.5. The summed E-state index contributed by atoms with van der Waals surface area (Å²) in [6, 6.07) is 13.6. The lowest BCUT2D eigenvalue weighted by Crippen LogP contribution is -2.41. The van der Waals surface area contributed by atoms with E-state index in [1.165, 1.54) is 0 Å². The zero-order valence-corrected chi connectivity index (χ0v) is 16.3. The molecular weight excluding hydrogens is 364 g/mol. The molecule has 148 valence electrons. The molecule has 1 aliphatic carbocycles. The van der Waals surface area contributed by atoms with Gasteiger partial charge < -0.3 is 10.1 Å². The van der Waals surface area contributed by atoms with Gasteiger partial charge in [0.2, 0.25) is 0 Å². The van der Waals surface area contributed by atoms with E-state index in [4.69, 9.17) is 4.74 Å². The smallest absolute Gasteiger partial charge is 0.315 e. The Morgan fingerprint density at radius 2 is 1.90 bits per heavy atom. The number of nitrogens with zero attached hydrogens (tertiary/aromatic N) is 1. The molecule has 5 nitrogen and oxygen atoms in total. The van der Waals surface area contributed by atoms with E-state index in [0.29, 0.717) is 24.1 Å². The zero-order valence-electron chi connectivity index (χ0n) is 16.3. The third-order valence-electron chi connectivity index (χ3n) is 5.58. The van der Waals surface area contributed by atoms with Gasteiger partial charge in [0, 0.05) is 48.1 Å². The van der Waals surface area contributed by atoms with Crippen LogP contribution in [0.5, 0.6) is 0 Å². The van der Waals surface area contributed by atoms with Gasteiger partial charge in [-0.05, 0) is 36.1 Å². The van der Waals surface area contributed by atoms with Gasteiger partial charge in [-0.25, -0.2) is 0 Å². The van der Waals surface area contributed by atoms with Crippen molar-refractivity contribution in [2.24, 2.45) is 5.92 Å². The summed E-state index contributed by atoms with van der Waals surface area (Å²) >= 11 is 0. The molecule has 1 aliphatic heterocycles. The standard InChI is InChI=1S/C24H24N2O3/c1-16-21(24(28)29-15-12-17-6-3-2-4-7-17)22(18-10-13-25-14-11-18)23-19(26-16)8-5-9-20(23)27/h2-4,6-7,10-11,13-14,21-22,26H,1,5,8-9,12,15H2. The third kappa shape index (κ3) is 3.99. The molecule has 0 bridgehead atoms. The molecule has 1 N–H and O–H groups in total. The molecular formula is C24H24N2O3. The largest absolute Gasteiger partial charge is 0.465 e. The number of hydrogen-bond donors (Lipinski definition) is 1. The maximum Gasteiger partial charge on any atom is 0.315 e. The van der Waals surface area contributed by atoms with Gasteiger partial charge in [-0.3, -0.25) is 14.6 Å². The molecule has 5 heteroatoms. The van der Waals surface area contributed by atoms with E-state index in [1.807, 2.05) is 42.5 Å². The van der Waals surface area contributed by atoms with Crippen LogP contribution in [-0.2, 0) is 20.7 Å². The third-order valence-corrected chi connectivity index (χ3v) is 5.58. The Labute approximate surface area is 170 Å². The number of benzene rings is 1. The van der Waals surface area contributed by atoms with Crippen molar-refractivity contribution < 1.29 is 14.3 Å². The predicted molar refractivity (Wildman–Crippen MR) is 110 cm³/mol. The van der Waals surface area contributed by atoms with Crippen LogP contribution in [0.25, 0.3) is 0 Å². The lowest BCUT2D eigenvalue weighted by molar-refractivity contribution is -0.147. The topological polar surface area (TPSA) is 68.3 Å². The summed E-state index contributed by atoms with van der Waals surface area (Å²) in [7, 11) is 0. The number of pyridine rings is 1. The quantitative estimate of drug-likeness (QED) is 0.791. The average molecular weight is 388 g/mol. The second kappa shape index (κ2) is 8.43. The molecule has 1 aromatic heterocycles. The van der Waals surface area contributed by atoms with E-state index >= 15 is 0 Å².